The van der Waals surface area contributed by atoms with Gasteiger partial charge in [-0.05, 0) is 25.0 Å². The highest BCUT2D eigenvalue weighted by atomic mass is 32.2. The second kappa shape index (κ2) is 6.24. The van der Waals surface area contributed by atoms with Gasteiger partial charge < -0.3 is 5.73 Å². The molecule has 1 aromatic heterocycles. The normalized spacial score (nSPS) is 16.5. The zero-order valence-electron chi connectivity index (χ0n) is 10.5. The van der Waals surface area contributed by atoms with Gasteiger partial charge in [-0.15, -0.1) is 0 Å². The lowest BCUT2D eigenvalue weighted by molar-refractivity contribution is 0.689. The topological polar surface area (TPSA) is 51.8 Å². The van der Waals surface area contributed by atoms with Crippen LogP contribution in [0.1, 0.15) is 56.5 Å². The number of aromatic nitrogens is 2. The van der Waals surface area contributed by atoms with E-state index in [0.717, 1.165) is 17.3 Å². The lowest BCUT2D eigenvalue weighted by atomic mass is 10.0. The molecule has 2 rings (SSSR count). The number of thioether (sulfide) groups is 1. The van der Waals surface area contributed by atoms with Gasteiger partial charge in [0.25, 0.3) is 0 Å². The zero-order valence-corrected chi connectivity index (χ0v) is 11.3. The van der Waals surface area contributed by atoms with E-state index in [-0.39, 0.29) is 0 Å². The second-order valence-electron chi connectivity index (χ2n) is 4.67. The Morgan fingerprint density at radius 1 is 1.35 bits per heavy atom. The predicted octanol–water partition coefficient (Wildman–Crippen LogP) is 3.36. The first-order chi connectivity index (χ1) is 8.29. The van der Waals surface area contributed by atoms with Crippen LogP contribution in [0.25, 0.3) is 0 Å². The quantitative estimate of drug-likeness (QED) is 0.815. The standard InChI is InChI=1S/C13H21N3S/c1-2-7-17-9-13-15-11(8-12(14)16-13)10-5-3-4-6-10/h8,10H,2-7,9H2,1H3,(H2,14,15,16). The summed E-state index contributed by atoms with van der Waals surface area (Å²) >= 11 is 1.89. The Kier molecular flexibility index (Phi) is 4.66. The number of hydrogen-bond donors (Lipinski definition) is 1. The van der Waals surface area contributed by atoms with Gasteiger partial charge in [0.1, 0.15) is 11.6 Å². The van der Waals surface area contributed by atoms with Crippen LogP contribution >= 0.6 is 11.8 Å². The number of nitrogen functional groups attached to an aromatic ring is 1. The van der Waals surface area contributed by atoms with Crippen LogP contribution < -0.4 is 5.73 Å². The summed E-state index contributed by atoms with van der Waals surface area (Å²) < 4.78 is 0. The van der Waals surface area contributed by atoms with E-state index in [1.165, 1.54) is 37.8 Å². The molecule has 0 amide bonds. The van der Waals surface area contributed by atoms with Crippen molar-refractivity contribution in [3.05, 3.63) is 17.6 Å². The fraction of sp³-hybridized carbons (Fsp3) is 0.692. The average molecular weight is 251 g/mol. The van der Waals surface area contributed by atoms with E-state index in [9.17, 15) is 0 Å². The van der Waals surface area contributed by atoms with Crippen molar-refractivity contribution in [2.24, 2.45) is 0 Å². The monoisotopic (exact) mass is 251 g/mol. The minimum Gasteiger partial charge on any atom is -0.384 e. The van der Waals surface area contributed by atoms with Crippen LogP contribution in [0.2, 0.25) is 0 Å². The summed E-state index contributed by atoms with van der Waals surface area (Å²) in [5.74, 6) is 4.21. The number of anilines is 1. The molecular weight excluding hydrogens is 230 g/mol. The summed E-state index contributed by atoms with van der Waals surface area (Å²) in [7, 11) is 0. The SMILES string of the molecule is CCCSCc1nc(N)cc(C2CCCC2)n1. The molecule has 1 aliphatic carbocycles. The molecule has 1 saturated carbocycles. The van der Waals surface area contributed by atoms with Crippen LogP contribution in [0.4, 0.5) is 5.82 Å². The van der Waals surface area contributed by atoms with E-state index in [2.05, 4.69) is 16.9 Å². The molecular formula is C13H21N3S. The third kappa shape index (κ3) is 3.60. The molecule has 2 N–H and O–H groups in total. The summed E-state index contributed by atoms with van der Waals surface area (Å²) in [4.78, 5) is 9.00. The van der Waals surface area contributed by atoms with E-state index in [1.54, 1.807) is 0 Å². The molecule has 1 heterocycles. The highest BCUT2D eigenvalue weighted by molar-refractivity contribution is 7.98. The smallest absolute Gasteiger partial charge is 0.140 e. The molecule has 0 atom stereocenters. The van der Waals surface area contributed by atoms with Crippen molar-refractivity contribution < 1.29 is 0 Å². The van der Waals surface area contributed by atoms with Gasteiger partial charge >= 0.3 is 0 Å². The van der Waals surface area contributed by atoms with Gasteiger partial charge in [0.05, 0.1) is 5.75 Å². The van der Waals surface area contributed by atoms with Crippen LogP contribution in [0.5, 0.6) is 0 Å². The molecule has 0 bridgehead atoms. The number of nitrogens with zero attached hydrogens (tertiary/aromatic N) is 2. The Balaban J connectivity index is 2.05. The molecule has 0 radical (unpaired) electrons. The van der Waals surface area contributed by atoms with E-state index in [1.807, 2.05) is 17.8 Å². The molecule has 1 aromatic rings. The van der Waals surface area contributed by atoms with E-state index < -0.39 is 0 Å². The van der Waals surface area contributed by atoms with Crippen molar-refractivity contribution in [2.45, 2.75) is 50.7 Å². The Labute approximate surface area is 108 Å². The fourth-order valence-electron chi connectivity index (χ4n) is 2.34. The van der Waals surface area contributed by atoms with Gasteiger partial charge in [-0.1, -0.05) is 19.8 Å². The van der Waals surface area contributed by atoms with Gasteiger partial charge in [0, 0.05) is 17.7 Å². The van der Waals surface area contributed by atoms with Crippen molar-refractivity contribution in [1.29, 1.82) is 0 Å². The molecule has 0 spiro atoms. The van der Waals surface area contributed by atoms with Crippen molar-refractivity contribution in [1.82, 2.24) is 9.97 Å². The summed E-state index contributed by atoms with van der Waals surface area (Å²) in [5, 5.41) is 0. The molecule has 94 valence electrons. The van der Waals surface area contributed by atoms with Gasteiger partial charge in [-0.2, -0.15) is 11.8 Å². The predicted molar refractivity (Wildman–Crippen MR) is 74.1 cm³/mol. The summed E-state index contributed by atoms with van der Waals surface area (Å²) in [6.45, 7) is 2.19. The van der Waals surface area contributed by atoms with Gasteiger partial charge in [-0.3, -0.25) is 0 Å². The minimum atomic E-state index is 0.621. The van der Waals surface area contributed by atoms with Crippen LogP contribution in [-0.2, 0) is 5.75 Å². The lowest BCUT2D eigenvalue weighted by Crippen LogP contribution is -2.05. The number of rotatable bonds is 5. The first kappa shape index (κ1) is 12.7. The van der Waals surface area contributed by atoms with Crippen molar-refractivity contribution in [3.8, 4) is 0 Å². The molecule has 17 heavy (non-hydrogen) atoms. The summed E-state index contributed by atoms with van der Waals surface area (Å²) in [5.41, 5.74) is 7.04. The van der Waals surface area contributed by atoms with Crippen molar-refractivity contribution in [3.63, 3.8) is 0 Å². The maximum Gasteiger partial charge on any atom is 0.140 e. The lowest BCUT2D eigenvalue weighted by Gasteiger charge is -2.10. The maximum absolute atomic E-state index is 5.87. The molecule has 1 fully saturated rings. The Hall–Kier alpha value is -0.770. The van der Waals surface area contributed by atoms with Crippen LogP contribution in [-0.4, -0.2) is 15.7 Å². The maximum atomic E-state index is 5.87. The third-order valence-electron chi connectivity index (χ3n) is 3.17. The molecule has 0 saturated heterocycles. The molecule has 4 heteroatoms. The van der Waals surface area contributed by atoms with Gasteiger partial charge in [0.2, 0.25) is 0 Å². The molecule has 0 aromatic carbocycles. The molecule has 3 nitrogen and oxygen atoms in total. The zero-order chi connectivity index (χ0) is 12.1. The van der Waals surface area contributed by atoms with E-state index in [4.69, 9.17) is 5.73 Å². The molecule has 0 aliphatic heterocycles. The summed E-state index contributed by atoms with van der Waals surface area (Å²) in [6, 6.07) is 1.96. The van der Waals surface area contributed by atoms with Crippen LogP contribution in [0, 0.1) is 0 Å². The van der Waals surface area contributed by atoms with Gasteiger partial charge in [-0.25, -0.2) is 9.97 Å². The first-order valence-corrected chi connectivity index (χ1v) is 7.66. The third-order valence-corrected chi connectivity index (χ3v) is 4.32. The Morgan fingerprint density at radius 3 is 2.82 bits per heavy atom. The van der Waals surface area contributed by atoms with E-state index in [0.29, 0.717) is 11.7 Å². The number of nitrogens with two attached hydrogens (primary N) is 1. The Bertz CT molecular complexity index is 362. The minimum absolute atomic E-state index is 0.621. The van der Waals surface area contributed by atoms with Gasteiger partial charge in [0.15, 0.2) is 0 Å². The number of hydrogen-bond acceptors (Lipinski definition) is 4. The molecule has 1 aliphatic rings. The Morgan fingerprint density at radius 2 is 2.12 bits per heavy atom. The molecule has 0 unspecified atom stereocenters. The fourth-order valence-corrected chi connectivity index (χ4v) is 3.09. The van der Waals surface area contributed by atoms with Crippen LogP contribution in [0.15, 0.2) is 6.07 Å². The van der Waals surface area contributed by atoms with Crippen molar-refractivity contribution in [2.75, 3.05) is 11.5 Å². The summed E-state index contributed by atoms with van der Waals surface area (Å²) in [6.07, 6.45) is 6.38. The van der Waals surface area contributed by atoms with E-state index >= 15 is 0 Å². The second-order valence-corrected chi connectivity index (χ2v) is 5.77. The average Bonchev–Trinajstić information content (AvgIpc) is 2.82. The largest absolute Gasteiger partial charge is 0.384 e. The highest BCUT2D eigenvalue weighted by Crippen LogP contribution is 2.33. The highest BCUT2D eigenvalue weighted by Gasteiger charge is 2.19. The van der Waals surface area contributed by atoms with Crippen molar-refractivity contribution >= 4 is 17.6 Å². The van der Waals surface area contributed by atoms with Crippen LogP contribution in [0.3, 0.4) is 0 Å². The first-order valence-electron chi connectivity index (χ1n) is 6.50.